The molecule has 2 N–H and O–H groups in total. The van der Waals surface area contributed by atoms with Crippen molar-refractivity contribution in [2.75, 3.05) is 5.73 Å². The number of pyridine rings is 1. The normalized spacial score (nSPS) is 11.4. The lowest BCUT2D eigenvalue weighted by atomic mass is 10.2. The molecule has 106 valence electrons. The van der Waals surface area contributed by atoms with Crippen LogP contribution < -0.4 is 10.5 Å². The lowest BCUT2D eigenvalue weighted by molar-refractivity contribution is -0.137. The Morgan fingerprint density at radius 1 is 1.15 bits per heavy atom. The van der Waals surface area contributed by atoms with E-state index >= 15 is 0 Å². The number of nitrogen functional groups attached to an aromatic ring is 1. The largest absolute Gasteiger partial charge is 0.439 e. The van der Waals surface area contributed by atoms with Crippen LogP contribution in [0.25, 0.3) is 0 Å². The third-order valence-corrected chi connectivity index (χ3v) is 2.50. The summed E-state index contributed by atoms with van der Waals surface area (Å²) in [5.74, 6) is -0.870. The second kappa shape index (κ2) is 4.99. The lowest BCUT2D eigenvalue weighted by Crippen LogP contribution is -2.07. The maximum atomic E-state index is 12.9. The number of nitrogens with two attached hydrogens (primary N) is 1. The van der Waals surface area contributed by atoms with Crippen LogP contribution in [0.15, 0.2) is 30.3 Å². The van der Waals surface area contributed by atoms with Crippen LogP contribution in [0.1, 0.15) is 11.1 Å². The van der Waals surface area contributed by atoms with Gasteiger partial charge in [0.2, 0.25) is 5.88 Å². The van der Waals surface area contributed by atoms with Gasteiger partial charge in [0.05, 0.1) is 5.56 Å². The van der Waals surface area contributed by atoms with Gasteiger partial charge in [0.25, 0.3) is 0 Å². The van der Waals surface area contributed by atoms with Gasteiger partial charge in [-0.3, -0.25) is 0 Å². The highest BCUT2D eigenvalue weighted by Crippen LogP contribution is 2.33. The average molecular weight is 286 g/mol. The van der Waals surface area contributed by atoms with Crippen molar-refractivity contribution in [3.05, 3.63) is 47.3 Å². The zero-order chi connectivity index (χ0) is 14.9. The van der Waals surface area contributed by atoms with E-state index in [0.29, 0.717) is 11.6 Å². The summed E-state index contributed by atoms with van der Waals surface area (Å²) in [6.45, 7) is 1.56. The Morgan fingerprint density at radius 3 is 2.45 bits per heavy atom. The van der Waals surface area contributed by atoms with Gasteiger partial charge in [-0.25, -0.2) is 4.39 Å². The molecule has 0 unspecified atom stereocenters. The quantitative estimate of drug-likeness (QED) is 0.851. The first kappa shape index (κ1) is 14.1. The number of ether oxygens (including phenoxy) is 1. The van der Waals surface area contributed by atoms with Gasteiger partial charge in [-0.1, -0.05) is 0 Å². The van der Waals surface area contributed by atoms with Crippen LogP contribution in [-0.4, -0.2) is 4.98 Å². The second-order valence-corrected chi connectivity index (χ2v) is 4.13. The number of hydrogen-bond donors (Lipinski definition) is 1. The van der Waals surface area contributed by atoms with Crippen molar-refractivity contribution < 1.29 is 22.3 Å². The van der Waals surface area contributed by atoms with Gasteiger partial charge in [0.15, 0.2) is 0 Å². The van der Waals surface area contributed by atoms with E-state index in [1.165, 1.54) is 12.1 Å². The topological polar surface area (TPSA) is 48.1 Å². The SMILES string of the molecule is Cc1cc(F)ccc1Oc1cc(C(F)(F)F)cc(N)n1. The van der Waals surface area contributed by atoms with Gasteiger partial charge in [0.1, 0.15) is 17.4 Å². The number of hydrogen-bond acceptors (Lipinski definition) is 3. The van der Waals surface area contributed by atoms with E-state index in [1.54, 1.807) is 6.92 Å². The van der Waals surface area contributed by atoms with Gasteiger partial charge in [0, 0.05) is 6.07 Å². The van der Waals surface area contributed by atoms with Gasteiger partial charge in [-0.2, -0.15) is 18.2 Å². The molecule has 0 fully saturated rings. The molecule has 7 heteroatoms. The Labute approximate surface area is 112 Å². The van der Waals surface area contributed by atoms with Crippen molar-refractivity contribution in [1.82, 2.24) is 4.98 Å². The molecule has 0 saturated carbocycles. The van der Waals surface area contributed by atoms with E-state index in [-0.39, 0.29) is 17.4 Å². The third kappa shape index (κ3) is 3.17. The molecule has 2 rings (SSSR count). The Hall–Kier alpha value is -2.31. The van der Waals surface area contributed by atoms with Crippen molar-refractivity contribution in [3.8, 4) is 11.6 Å². The minimum absolute atomic E-state index is 0.206. The number of halogens is 4. The van der Waals surface area contributed by atoms with Gasteiger partial charge in [-0.15, -0.1) is 0 Å². The molecular weight excluding hydrogens is 276 g/mol. The predicted octanol–water partition coefficient (Wildman–Crippen LogP) is 3.92. The number of nitrogens with zero attached hydrogens (tertiary/aromatic N) is 1. The second-order valence-electron chi connectivity index (χ2n) is 4.13. The fraction of sp³-hybridized carbons (Fsp3) is 0.154. The van der Waals surface area contributed by atoms with Crippen LogP contribution in [0.3, 0.4) is 0 Å². The Morgan fingerprint density at radius 2 is 1.85 bits per heavy atom. The Bertz CT molecular complexity index is 641. The Kier molecular flexibility index (Phi) is 3.52. The van der Waals surface area contributed by atoms with E-state index in [2.05, 4.69) is 4.98 Å². The third-order valence-electron chi connectivity index (χ3n) is 2.50. The first-order valence-corrected chi connectivity index (χ1v) is 5.54. The summed E-state index contributed by atoms with van der Waals surface area (Å²) in [5.41, 5.74) is 4.80. The summed E-state index contributed by atoms with van der Waals surface area (Å²) in [4.78, 5) is 3.67. The fourth-order valence-electron chi connectivity index (χ4n) is 1.58. The van der Waals surface area contributed by atoms with Gasteiger partial charge in [-0.05, 0) is 36.8 Å². The lowest BCUT2D eigenvalue weighted by Gasteiger charge is -2.11. The molecule has 2 aromatic rings. The highest BCUT2D eigenvalue weighted by atomic mass is 19.4. The van der Waals surface area contributed by atoms with E-state index in [4.69, 9.17) is 10.5 Å². The number of aromatic nitrogens is 1. The summed E-state index contributed by atoms with van der Waals surface area (Å²) < 4.78 is 56.0. The highest BCUT2D eigenvalue weighted by molar-refractivity contribution is 5.41. The summed E-state index contributed by atoms with van der Waals surface area (Å²) in [6, 6.07) is 5.10. The molecule has 0 aliphatic carbocycles. The number of anilines is 1. The number of alkyl halides is 3. The van der Waals surface area contributed by atoms with Crippen molar-refractivity contribution in [3.63, 3.8) is 0 Å². The fourth-order valence-corrected chi connectivity index (χ4v) is 1.58. The van der Waals surface area contributed by atoms with Crippen molar-refractivity contribution in [2.45, 2.75) is 13.1 Å². The molecule has 1 heterocycles. The zero-order valence-corrected chi connectivity index (χ0v) is 10.3. The predicted molar refractivity (Wildman–Crippen MR) is 64.9 cm³/mol. The Balaban J connectivity index is 2.36. The van der Waals surface area contributed by atoms with Crippen LogP contribution in [-0.2, 0) is 6.18 Å². The molecule has 1 aromatic carbocycles. The van der Waals surface area contributed by atoms with Crippen LogP contribution in [0.5, 0.6) is 11.6 Å². The van der Waals surface area contributed by atoms with E-state index in [9.17, 15) is 17.6 Å². The monoisotopic (exact) mass is 286 g/mol. The number of aryl methyl sites for hydroxylation is 1. The zero-order valence-electron chi connectivity index (χ0n) is 10.3. The summed E-state index contributed by atoms with van der Waals surface area (Å²) in [7, 11) is 0. The van der Waals surface area contributed by atoms with E-state index < -0.39 is 17.6 Å². The molecule has 0 amide bonds. The molecule has 0 radical (unpaired) electrons. The average Bonchev–Trinajstić information content (AvgIpc) is 2.31. The highest BCUT2D eigenvalue weighted by Gasteiger charge is 2.31. The van der Waals surface area contributed by atoms with Gasteiger partial charge < -0.3 is 10.5 Å². The first-order chi connectivity index (χ1) is 9.25. The minimum atomic E-state index is -4.55. The molecule has 1 aromatic heterocycles. The molecule has 0 spiro atoms. The smallest absolute Gasteiger partial charge is 0.416 e. The molecule has 0 aliphatic rings. The molecule has 0 saturated heterocycles. The van der Waals surface area contributed by atoms with E-state index in [1.807, 2.05) is 0 Å². The molecule has 0 aliphatic heterocycles. The first-order valence-electron chi connectivity index (χ1n) is 5.54. The minimum Gasteiger partial charge on any atom is -0.439 e. The number of rotatable bonds is 2. The number of benzene rings is 1. The van der Waals surface area contributed by atoms with Gasteiger partial charge >= 0.3 is 6.18 Å². The summed E-state index contributed by atoms with van der Waals surface area (Å²) in [6.07, 6.45) is -4.55. The van der Waals surface area contributed by atoms with Crippen molar-refractivity contribution in [1.29, 1.82) is 0 Å². The molecule has 3 nitrogen and oxygen atoms in total. The molecule has 0 bridgehead atoms. The molecule has 0 atom stereocenters. The van der Waals surface area contributed by atoms with E-state index in [0.717, 1.165) is 12.1 Å². The van der Waals surface area contributed by atoms with Crippen LogP contribution in [0.2, 0.25) is 0 Å². The molecular formula is C13H10F4N2O. The van der Waals surface area contributed by atoms with Crippen molar-refractivity contribution in [2.24, 2.45) is 0 Å². The standard InChI is InChI=1S/C13H10F4N2O/c1-7-4-9(14)2-3-10(7)20-12-6-8(13(15,16)17)5-11(18)19-12/h2-6H,1H3,(H2,18,19). The van der Waals surface area contributed by atoms with Crippen LogP contribution in [0.4, 0.5) is 23.4 Å². The van der Waals surface area contributed by atoms with Crippen molar-refractivity contribution >= 4 is 5.82 Å². The maximum absolute atomic E-state index is 12.9. The van der Waals surface area contributed by atoms with Crippen LogP contribution >= 0.6 is 0 Å². The van der Waals surface area contributed by atoms with Crippen LogP contribution in [0, 0.1) is 12.7 Å². The maximum Gasteiger partial charge on any atom is 0.416 e. The molecule has 20 heavy (non-hydrogen) atoms. The summed E-state index contributed by atoms with van der Waals surface area (Å²) in [5, 5.41) is 0. The summed E-state index contributed by atoms with van der Waals surface area (Å²) >= 11 is 0.